The topological polar surface area (TPSA) is 38.8 Å². The largest absolute Gasteiger partial charge is 0.489 e. The van der Waals surface area contributed by atoms with E-state index in [-0.39, 0.29) is 19.2 Å². The first-order chi connectivity index (χ1) is 19.4. The molecule has 0 spiro atoms. The number of thiol groups is 2. The Bertz CT molecular complexity index is 1390. The van der Waals surface area contributed by atoms with Gasteiger partial charge in [0, 0.05) is 34.0 Å². The molecule has 1 heterocycles. The summed E-state index contributed by atoms with van der Waals surface area (Å²) in [5.41, 5.74) is 7.34. The Morgan fingerprint density at radius 1 is 1.00 bits per heavy atom. The second kappa shape index (κ2) is 13.2. The summed E-state index contributed by atoms with van der Waals surface area (Å²) in [4.78, 5) is 18.9. The van der Waals surface area contributed by atoms with Crippen LogP contribution in [0.2, 0.25) is 0 Å². The van der Waals surface area contributed by atoms with Crippen molar-refractivity contribution in [1.82, 2.24) is 4.90 Å². The maximum Gasteiger partial charge on any atom is 0.353 e. The number of hydrogen-bond donors (Lipinski definition) is 2. The van der Waals surface area contributed by atoms with Crippen LogP contribution in [0.15, 0.2) is 70.5 Å². The van der Waals surface area contributed by atoms with Gasteiger partial charge in [0.15, 0.2) is 0 Å². The first kappa shape index (κ1) is 28.7. The monoisotopic (exact) mass is 581 g/mol. The van der Waals surface area contributed by atoms with Crippen LogP contribution in [-0.4, -0.2) is 43.3 Å². The molecule has 0 N–H and O–H groups in total. The van der Waals surface area contributed by atoms with Gasteiger partial charge in [0.1, 0.15) is 11.9 Å². The predicted octanol–water partition coefficient (Wildman–Crippen LogP) is 7.34. The lowest BCUT2D eigenvalue weighted by Crippen LogP contribution is -2.26. The van der Waals surface area contributed by atoms with E-state index in [2.05, 4.69) is 40.7 Å². The number of likely N-dealkylation sites (tertiary alicyclic amines) is 1. The number of hydrogen-bond acceptors (Lipinski definition) is 6. The molecule has 5 rings (SSSR count). The summed E-state index contributed by atoms with van der Waals surface area (Å²) in [5.74, 6) is -0.0912. The molecule has 0 aromatic heterocycles. The van der Waals surface area contributed by atoms with Crippen molar-refractivity contribution >= 4 is 42.4 Å². The number of nitrogens with zero attached hydrogens (tertiary/aromatic N) is 1. The van der Waals surface area contributed by atoms with Gasteiger partial charge in [0.05, 0.1) is 13.1 Å². The SMILES string of the molecule is O=C(Cc1ccc2c(c1)CCCC(c1ccc(S)cc1S)=C2c1ccc(OC2CCN(CCCF)C2)cc1)OF. The number of fused-ring (bicyclic) bond motifs is 1. The van der Waals surface area contributed by atoms with Crippen molar-refractivity contribution in [1.29, 1.82) is 0 Å². The molecule has 1 aliphatic carbocycles. The lowest BCUT2D eigenvalue weighted by molar-refractivity contribution is -0.182. The van der Waals surface area contributed by atoms with Crippen molar-refractivity contribution in [2.45, 2.75) is 54.4 Å². The smallest absolute Gasteiger partial charge is 0.353 e. The summed E-state index contributed by atoms with van der Waals surface area (Å²) in [7, 11) is 0. The van der Waals surface area contributed by atoms with Gasteiger partial charge in [0.2, 0.25) is 0 Å². The van der Waals surface area contributed by atoms with E-state index in [1.54, 1.807) is 0 Å². The zero-order chi connectivity index (χ0) is 28.1. The standard InChI is InChI=1S/C32H33F2NO3S2/c33-14-2-15-35-16-13-25(20-35)37-24-8-6-22(7-9-24)32-27-11-5-21(18-31(36)38-34)17-23(27)3-1-4-29(32)28-12-10-26(39)19-30(28)40/h5-12,17,19,25,39-40H,1-4,13-16,18,20H2. The lowest BCUT2D eigenvalue weighted by atomic mass is 9.87. The van der Waals surface area contributed by atoms with Crippen molar-refractivity contribution < 1.29 is 23.4 Å². The summed E-state index contributed by atoms with van der Waals surface area (Å²) < 4.78 is 31.2. The number of rotatable bonds is 9. The minimum atomic E-state index is -0.903. The number of ether oxygens (including phenoxy) is 1. The number of aryl methyl sites for hydroxylation is 1. The van der Waals surface area contributed by atoms with Gasteiger partial charge in [-0.15, -0.1) is 25.3 Å². The molecule has 1 saturated heterocycles. The Hall–Kier alpha value is -2.81. The highest BCUT2D eigenvalue weighted by molar-refractivity contribution is 7.81. The first-order valence-electron chi connectivity index (χ1n) is 13.7. The van der Waals surface area contributed by atoms with E-state index < -0.39 is 5.97 Å². The van der Waals surface area contributed by atoms with Crippen LogP contribution in [0.4, 0.5) is 8.92 Å². The van der Waals surface area contributed by atoms with Crippen LogP contribution >= 0.6 is 25.3 Å². The molecular weight excluding hydrogens is 548 g/mol. The summed E-state index contributed by atoms with van der Waals surface area (Å²) >= 11 is 9.28. The van der Waals surface area contributed by atoms with Crippen LogP contribution in [-0.2, 0) is 22.6 Å². The van der Waals surface area contributed by atoms with Crippen LogP contribution in [0, 0.1) is 0 Å². The zero-order valence-corrected chi connectivity index (χ0v) is 24.0. The Kier molecular flexibility index (Phi) is 9.50. The van der Waals surface area contributed by atoms with E-state index in [0.29, 0.717) is 6.42 Å². The molecule has 1 fully saturated rings. The van der Waals surface area contributed by atoms with E-state index in [1.165, 1.54) is 5.57 Å². The van der Waals surface area contributed by atoms with Gasteiger partial charge >= 0.3 is 5.97 Å². The molecule has 0 amide bonds. The van der Waals surface area contributed by atoms with E-state index >= 15 is 0 Å². The number of benzene rings is 3. The average Bonchev–Trinajstić information content (AvgIpc) is 3.31. The van der Waals surface area contributed by atoms with Gasteiger partial charge in [-0.2, -0.15) is 0 Å². The van der Waals surface area contributed by atoms with Gasteiger partial charge < -0.3 is 4.74 Å². The molecule has 1 atom stereocenters. The Labute approximate surface area is 245 Å². The number of carbonyl (C=O) groups excluding carboxylic acids is 1. The Morgan fingerprint density at radius 2 is 1.80 bits per heavy atom. The molecule has 1 unspecified atom stereocenters. The van der Waals surface area contributed by atoms with Crippen molar-refractivity contribution in [2.24, 2.45) is 0 Å². The third-order valence-corrected chi connectivity index (χ3v) is 8.29. The second-order valence-corrected chi connectivity index (χ2v) is 11.4. The number of allylic oxidation sites excluding steroid dienone is 1. The minimum Gasteiger partial charge on any atom is -0.489 e. The summed E-state index contributed by atoms with van der Waals surface area (Å²) in [6.07, 6.45) is 4.07. The molecule has 1 aliphatic heterocycles. The molecule has 8 heteroatoms. The van der Waals surface area contributed by atoms with Gasteiger partial charge in [-0.05, 0) is 95.3 Å². The molecular formula is C32H33F2NO3S2. The van der Waals surface area contributed by atoms with Crippen molar-refractivity contribution in [3.63, 3.8) is 0 Å². The highest BCUT2D eigenvalue weighted by atomic mass is 32.1. The van der Waals surface area contributed by atoms with E-state index in [1.807, 2.05) is 42.5 Å². The average molecular weight is 582 g/mol. The molecule has 0 saturated carbocycles. The number of alkyl halides is 1. The van der Waals surface area contributed by atoms with Crippen molar-refractivity contribution in [2.75, 3.05) is 26.3 Å². The summed E-state index contributed by atoms with van der Waals surface area (Å²) in [6, 6.07) is 20.1. The summed E-state index contributed by atoms with van der Waals surface area (Å²) in [5, 5.41) is 0. The molecule has 0 bridgehead atoms. The number of carbonyl (C=O) groups is 1. The van der Waals surface area contributed by atoms with Gasteiger partial charge in [-0.1, -0.05) is 36.4 Å². The Morgan fingerprint density at radius 3 is 2.55 bits per heavy atom. The van der Waals surface area contributed by atoms with Gasteiger partial charge in [-0.3, -0.25) is 14.2 Å². The highest BCUT2D eigenvalue weighted by Gasteiger charge is 2.25. The van der Waals surface area contributed by atoms with Crippen molar-refractivity contribution in [3.8, 4) is 5.75 Å². The fourth-order valence-corrected chi connectivity index (χ4v) is 6.45. The van der Waals surface area contributed by atoms with Gasteiger partial charge in [-0.25, -0.2) is 4.79 Å². The Balaban J connectivity index is 1.50. The minimum absolute atomic E-state index is 0.0970. The van der Waals surface area contributed by atoms with Crippen LogP contribution in [0.3, 0.4) is 0 Å². The van der Waals surface area contributed by atoms with Crippen molar-refractivity contribution in [3.05, 3.63) is 88.5 Å². The third kappa shape index (κ3) is 6.73. The molecule has 3 aromatic carbocycles. The maximum absolute atomic E-state index is 12.6. The normalized spacial score (nSPS) is 17.4. The molecule has 4 nitrogen and oxygen atoms in total. The van der Waals surface area contributed by atoms with Crippen LogP contribution in [0.5, 0.6) is 5.75 Å². The van der Waals surface area contributed by atoms with Crippen LogP contribution in [0.1, 0.15) is 53.5 Å². The molecule has 3 aromatic rings. The van der Waals surface area contributed by atoms with E-state index in [9.17, 15) is 13.7 Å². The summed E-state index contributed by atoms with van der Waals surface area (Å²) in [6.45, 7) is 2.22. The second-order valence-electron chi connectivity index (χ2n) is 10.4. The quantitative estimate of drug-likeness (QED) is 0.259. The third-order valence-electron chi connectivity index (χ3n) is 7.64. The molecule has 0 radical (unpaired) electrons. The number of halogens is 2. The zero-order valence-electron chi connectivity index (χ0n) is 22.2. The molecule has 2 aliphatic rings. The lowest BCUT2D eigenvalue weighted by Gasteiger charge is -2.19. The van der Waals surface area contributed by atoms with E-state index in [0.717, 1.165) is 94.2 Å². The predicted molar refractivity (Wildman–Crippen MR) is 160 cm³/mol. The maximum atomic E-state index is 12.6. The van der Waals surface area contributed by atoms with E-state index in [4.69, 9.17) is 17.4 Å². The fourth-order valence-electron chi connectivity index (χ4n) is 5.79. The fraction of sp³-hybridized carbons (Fsp3) is 0.344. The molecule has 210 valence electrons. The first-order valence-corrected chi connectivity index (χ1v) is 14.6. The van der Waals surface area contributed by atoms with Crippen LogP contribution < -0.4 is 4.74 Å². The van der Waals surface area contributed by atoms with Crippen LogP contribution in [0.25, 0.3) is 11.1 Å². The highest BCUT2D eigenvalue weighted by Crippen LogP contribution is 2.42. The molecule has 40 heavy (non-hydrogen) atoms. The van der Waals surface area contributed by atoms with Gasteiger partial charge in [0.25, 0.3) is 0 Å².